The molecule has 116 valence electrons. The minimum Gasteiger partial charge on any atom is -0.497 e. The molecule has 2 rings (SSSR count). The van der Waals surface area contributed by atoms with E-state index in [2.05, 4.69) is 16.6 Å². The van der Waals surface area contributed by atoms with Crippen molar-refractivity contribution in [1.29, 1.82) is 0 Å². The summed E-state index contributed by atoms with van der Waals surface area (Å²) in [5.41, 5.74) is 1.40. The van der Waals surface area contributed by atoms with E-state index in [-0.39, 0.29) is 4.90 Å². The van der Waals surface area contributed by atoms with Crippen molar-refractivity contribution in [2.75, 3.05) is 23.7 Å². The average Bonchev–Trinajstić information content (AvgIpc) is 2.54. The number of ether oxygens (including phenoxy) is 1. The number of methoxy groups -OCH3 is 1. The molecule has 0 unspecified atom stereocenters. The molecule has 2 aromatic carbocycles. The number of anilines is 2. The van der Waals surface area contributed by atoms with Crippen LogP contribution in [-0.2, 0) is 10.0 Å². The normalized spacial score (nSPS) is 10.8. The first-order valence-electron chi connectivity index (χ1n) is 6.67. The van der Waals surface area contributed by atoms with Gasteiger partial charge in [0.25, 0.3) is 10.0 Å². The minimum absolute atomic E-state index is 0.183. The maximum absolute atomic E-state index is 12.3. The van der Waals surface area contributed by atoms with Gasteiger partial charge in [-0.15, -0.1) is 6.58 Å². The Morgan fingerprint density at radius 1 is 1.05 bits per heavy atom. The molecule has 0 radical (unpaired) electrons. The van der Waals surface area contributed by atoms with E-state index in [9.17, 15) is 8.42 Å². The SMILES string of the molecule is C=CCNc1ccc(NS(=O)(=O)c2ccc(OC)cc2)cc1. The summed E-state index contributed by atoms with van der Waals surface area (Å²) >= 11 is 0. The maximum Gasteiger partial charge on any atom is 0.261 e. The van der Waals surface area contributed by atoms with Gasteiger partial charge in [0.2, 0.25) is 0 Å². The standard InChI is InChI=1S/C16H18N2O3S/c1-3-12-17-13-4-6-14(7-5-13)18-22(19,20)16-10-8-15(21-2)9-11-16/h3-11,17-18H,1,12H2,2H3. The first-order valence-corrected chi connectivity index (χ1v) is 8.15. The number of benzene rings is 2. The molecule has 0 saturated heterocycles. The van der Waals surface area contributed by atoms with Crippen LogP contribution in [0.1, 0.15) is 0 Å². The molecule has 0 fully saturated rings. The molecule has 0 heterocycles. The molecule has 5 nitrogen and oxygen atoms in total. The maximum atomic E-state index is 12.3. The Morgan fingerprint density at radius 3 is 2.18 bits per heavy atom. The lowest BCUT2D eigenvalue weighted by molar-refractivity contribution is 0.414. The molecule has 0 aromatic heterocycles. The van der Waals surface area contributed by atoms with Crippen molar-refractivity contribution in [3.8, 4) is 5.75 Å². The fraction of sp³-hybridized carbons (Fsp3) is 0.125. The molecule has 0 saturated carbocycles. The van der Waals surface area contributed by atoms with Crippen molar-refractivity contribution in [2.45, 2.75) is 4.90 Å². The monoisotopic (exact) mass is 318 g/mol. The molecule has 2 N–H and O–H groups in total. The second kappa shape index (κ2) is 7.00. The third-order valence-electron chi connectivity index (χ3n) is 2.96. The third-order valence-corrected chi connectivity index (χ3v) is 4.35. The Labute approximate surface area is 130 Å². The van der Waals surface area contributed by atoms with E-state index in [0.29, 0.717) is 18.0 Å². The van der Waals surface area contributed by atoms with Gasteiger partial charge >= 0.3 is 0 Å². The van der Waals surface area contributed by atoms with Gasteiger partial charge in [-0.1, -0.05) is 6.08 Å². The Hall–Kier alpha value is -2.47. The molecular formula is C16H18N2O3S. The smallest absolute Gasteiger partial charge is 0.261 e. The molecular weight excluding hydrogens is 300 g/mol. The third kappa shape index (κ3) is 4.02. The fourth-order valence-electron chi connectivity index (χ4n) is 1.82. The Kier molecular flexibility index (Phi) is 5.06. The lowest BCUT2D eigenvalue weighted by Gasteiger charge is -2.10. The van der Waals surface area contributed by atoms with Crippen LogP contribution in [0, 0.1) is 0 Å². The van der Waals surface area contributed by atoms with Crippen LogP contribution >= 0.6 is 0 Å². The Bertz CT molecular complexity index is 723. The first kappa shape index (κ1) is 15.9. The van der Waals surface area contributed by atoms with Crippen LogP contribution in [0.4, 0.5) is 11.4 Å². The number of sulfonamides is 1. The number of nitrogens with one attached hydrogen (secondary N) is 2. The molecule has 0 spiro atoms. The van der Waals surface area contributed by atoms with Crippen molar-refractivity contribution in [2.24, 2.45) is 0 Å². The van der Waals surface area contributed by atoms with E-state index in [1.54, 1.807) is 42.5 Å². The zero-order chi connectivity index (χ0) is 16.0. The van der Waals surface area contributed by atoms with E-state index < -0.39 is 10.0 Å². The highest BCUT2D eigenvalue weighted by molar-refractivity contribution is 7.92. The van der Waals surface area contributed by atoms with Gasteiger partial charge in [-0.05, 0) is 48.5 Å². The zero-order valence-electron chi connectivity index (χ0n) is 12.2. The summed E-state index contributed by atoms with van der Waals surface area (Å²) in [6, 6.07) is 13.2. The fourth-order valence-corrected chi connectivity index (χ4v) is 2.87. The van der Waals surface area contributed by atoms with E-state index in [1.807, 2.05) is 0 Å². The van der Waals surface area contributed by atoms with Gasteiger partial charge in [0.15, 0.2) is 0 Å². The van der Waals surface area contributed by atoms with E-state index in [0.717, 1.165) is 5.69 Å². The molecule has 0 atom stereocenters. The summed E-state index contributed by atoms with van der Waals surface area (Å²) in [5, 5.41) is 3.12. The second-order valence-corrected chi connectivity index (χ2v) is 6.21. The molecule has 0 amide bonds. The summed E-state index contributed by atoms with van der Waals surface area (Å²) in [4.78, 5) is 0.183. The predicted octanol–water partition coefficient (Wildman–Crippen LogP) is 3.09. The highest BCUT2D eigenvalue weighted by atomic mass is 32.2. The van der Waals surface area contributed by atoms with E-state index in [1.165, 1.54) is 19.2 Å². The summed E-state index contributed by atoms with van der Waals surface area (Å²) < 4.78 is 32.1. The first-order chi connectivity index (χ1) is 10.5. The summed E-state index contributed by atoms with van der Waals surface area (Å²) in [6.45, 7) is 4.27. The molecule has 6 heteroatoms. The molecule has 2 aromatic rings. The lowest BCUT2D eigenvalue weighted by atomic mass is 10.3. The van der Waals surface area contributed by atoms with Crippen LogP contribution in [0.15, 0.2) is 66.1 Å². The molecule has 0 aliphatic carbocycles. The summed E-state index contributed by atoms with van der Waals surface area (Å²) in [7, 11) is -2.08. The number of hydrogen-bond acceptors (Lipinski definition) is 4. The number of hydrogen-bond donors (Lipinski definition) is 2. The van der Waals surface area contributed by atoms with Crippen molar-refractivity contribution >= 4 is 21.4 Å². The quantitative estimate of drug-likeness (QED) is 0.770. The zero-order valence-corrected chi connectivity index (χ0v) is 13.1. The topological polar surface area (TPSA) is 67.4 Å². The highest BCUT2D eigenvalue weighted by Gasteiger charge is 2.14. The largest absolute Gasteiger partial charge is 0.497 e. The van der Waals surface area contributed by atoms with Crippen LogP contribution in [0.2, 0.25) is 0 Å². The van der Waals surface area contributed by atoms with Gasteiger partial charge in [0.05, 0.1) is 12.0 Å². The van der Waals surface area contributed by atoms with Gasteiger partial charge in [-0.3, -0.25) is 4.72 Å². The van der Waals surface area contributed by atoms with Crippen LogP contribution in [0.25, 0.3) is 0 Å². The van der Waals surface area contributed by atoms with Gasteiger partial charge in [-0.2, -0.15) is 0 Å². The summed E-state index contributed by atoms with van der Waals surface area (Å²) in [5.74, 6) is 0.608. The van der Waals surface area contributed by atoms with Crippen molar-refractivity contribution in [1.82, 2.24) is 0 Å². The van der Waals surface area contributed by atoms with Gasteiger partial charge in [-0.25, -0.2) is 8.42 Å². The van der Waals surface area contributed by atoms with E-state index >= 15 is 0 Å². The summed E-state index contributed by atoms with van der Waals surface area (Å²) in [6.07, 6.45) is 1.75. The Balaban J connectivity index is 2.12. The van der Waals surface area contributed by atoms with Crippen molar-refractivity contribution in [3.05, 3.63) is 61.2 Å². The van der Waals surface area contributed by atoms with Gasteiger partial charge in [0, 0.05) is 17.9 Å². The molecule has 0 aliphatic heterocycles. The van der Waals surface area contributed by atoms with Crippen LogP contribution in [-0.4, -0.2) is 22.1 Å². The van der Waals surface area contributed by atoms with Gasteiger partial charge in [0.1, 0.15) is 5.75 Å². The highest BCUT2D eigenvalue weighted by Crippen LogP contribution is 2.20. The van der Waals surface area contributed by atoms with Crippen molar-refractivity contribution in [3.63, 3.8) is 0 Å². The lowest BCUT2D eigenvalue weighted by Crippen LogP contribution is -2.12. The minimum atomic E-state index is -3.61. The number of rotatable bonds is 7. The average molecular weight is 318 g/mol. The van der Waals surface area contributed by atoms with Gasteiger partial charge < -0.3 is 10.1 Å². The second-order valence-electron chi connectivity index (χ2n) is 4.53. The molecule has 22 heavy (non-hydrogen) atoms. The predicted molar refractivity (Wildman–Crippen MR) is 88.9 cm³/mol. The van der Waals surface area contributed by atoms with E-state index in [4.69, 9.17) is 4.74 Å². The molecule has 0 aliphatic rings. The van der Waals surface area contributed by atoms with Crippen LogP contribution < -0.4 is 14.8 Å². The Morgan fingerprint density at radius 2 is 1.64 bits per heavy atom. The van der Waals surface area contributed by atoms with Crippen molar-refractivity contribution < 1.29 is 13.2 Å². The van der Waals surface area contributed by atoms with Crippen LogP contribution in [0.5, 0.6) is 5.75 Å². The van der Waals surface area contributed by atoms with Crippen LogP contribution in [0.3, 0.4) is 0 Å². The molecule has 0 bridgehead atoms.